The molecule has 2 aliphatic heterocycles. The maximum Gasteiger partial charge on any atom is 0.355 e. The molecule has 0 saturated carbocycles. The van der Waals surface area contributed by atoms with E-state index in [1.165, 1.54) is 16.7 Å². The van der Waals surface area contributed by atoms with E-state index in [2.05, 4.69) is 5.32 Å². The molecule has 2 amide bonds. The molecule has 0 spiro atoms. The minimum atomic E-state index is -1.74. The number of benzene rings is 1. The van der Waals surface area contributed by atoms with E-state index in [-0.39, 0.29) is 29.3 Å². The minimum absolute atomic E-state index is 0.150. The Morgan fingerprint density at radius 3 is 2.61 bits per heavy atom. The number of β-lactam (4-membered cyclic amide) rings is 1. The van der Waals surface area contributed by atoms with Crippen LogP contribution in [0.4, 0.5) is 0 Å². The number of esters is 1. The SMILES string of the molecule is CC1=C(C(=O)OCC(Cl)(Cl)Cl)N2C(=O)[C@H](NC(=O)Cc3ccccc3)[C@H]2SC1. The van der Waals surface area contributed by atoms with Gasteiger partial charge in [0.1, 0.15) is 23.7 Å². The van der Waals surface area contributed by atoms with Crippen LogP contribution in [0.1, 0.15) is 12.5 Å². The Kier molecular flexibility index (Phi) is 6.49. The molecule has 1 N–H and O–H groups in total. The van der Waals surface area contributed by atoms with Crippen molar-refractivity contribution < 1.29 is 19.1 Å². The van der Waals surface area contributed by atoms with Crippen molar-refractivity contribution in [1.29, 1.82) is 0 Å². The van der Waals surface area contributed by atoms with Crippen LogP contribution in [0.2, 0.25) is 0 Å². The zero-order chi connectivity index (χ0) is 20.5. The lowest BCUT2D eigenvalue weighted by Crippen LogP contribution is -2.70. The smallest absolute Gasteiger partial charge is 0.355 e. The number of hydrogen-bond acceptors (Lipinski definition) is 5. The molecule has 0 unspecified atom stereocenters. The van der Waals surface area contributed by atoms with Crippen molar-refractivity contribution in [2.45, 2.75) is 28.6 Å². The highest BCUT2D eigenvalue weighted by Crippen LogP contribution is 2.40. The monoisotopic (exact) mass is 462 g/mol. The minimum Gasteiger partial charge on any atom is -0.456 e. The normalized spacial score (nSPS) is 21.7. The largest absolute Gasteiger partial charge is 0.456 e. The topological polar surface area (TPSA) is 75.7 Å². The van der Waals surface area contributed by atoms with Crippen LogP contribution in [0, 0.1) is 0 Å². The van der Waals surface area contributed by atoms with Gasteiger partial charge in [-0.05, 0) is 18.1 Å². The Morgan fingerprint density at radius 1 is 1.29 bits per heavy atom. The van der Waals surface area contributed by atoms with Gasteiger partial charge in [0.25, 0.3) is 5.91 Å². The van der Waals surface area contributed by atoms with E-state index in [9.17, 15) is 14.4 Å². The molecule has 1 saturated heterocycles. The summed E-state index contributed by atoms with van der Waals surface area (Å²) in [7, 11) is 0. The molecule has 6 nitrogen and oxygen atoms in total. The number of carbonyl (C=O) groups excluding carboxylic acids is 3. The van der Waals surface area contributed by atoms with Crippen LogP contribution in [0.3, 0.4) is 0 Å². The van der Waals surface area contributed by atoms with Gasteiger partial charge in [-0.2, -0.15) is 0 Å². The van der Waals surface area contributed by atoms with Crippen molar-refractivity contribution in [2.24, 2.45) is 0 Å². The van der Waals surface area contributed by atoms with Gasteiger partial charge in [0.05, 0.1) is 6.42 Å². The third-order valence-corrected chi connectivity index (χ3v) is 5.99. The summed E-state index contributed by atoms with van der Waals surface area (Å²) < 4.78 is 3.29. The van der Waals surface area contributed by atoms with Crippen LogP contribution < -0.4 is 5.32 Å². The van der Waals surface area contributed by atoms with Crippen molar-refractivity contribution in [2.75, 3.05) is 12.4 Å². The van der Waals surface area contributed by atoms with Gasteiger partial charge in [-0.25, -0.2) is 4.79 Å². The average molecular weight is 464 g/mol. The van der Waals surface area contributed by atoms with Crippen molar-refractivity contribution in [3.05, 3.63) is 47.2 Å². The molecule has 0 radical (unpaired) electrons. The van der Waals surface area contributed by atoms with Gasteiger partial charge < -0.3 is 10.1 Å². The fourth-order valence-corrected chi connectivity index (χ4v) is 4.44. The van der Waals surface area contributed by atoms with Gasteiger partial charge >= 0.3 is 5.97 Å². The van der Waals surface area contributed by atoms with Crippen LogP contribution >= 0.6 is 46.6 Å². The molecule has 0 aromatic heterocycles. The molecular weight excluding hydrogens is 447 g/mol. The van der Waals surface area contributed by atoms with E-state index in [4.69, 9.17) is 39.5 Å². The first-order valence-electron chi connectivity index (χ1n) is 8.39. The van der Waals surface area contributed by atoms with E-state index in [0.717, 1.165) is 5.56 Å². The van der Waals surface area contributed by atoms with Gasteiger partial charge in [-0.15, -0.1) is 11.8 Å². The summed E-state index contributed by atoms with van der Waals surface area (Å²) in [6.45, 7) is 1.31. The van der Waals surface area contributed by atoms with E-state index in [0.29, 0.717) is 11.3 Å². The molecule has 2 heterocycles. The molecule has 0 aliphatic carbocycles. The average Bonchev–Trinajstić information content (AvgIpc) is 2.64. The number of carbonyl (C=O) groups is 3. The highest BCUT2D eigenvalue weighted by molar-refractivity contribution is 8.00. The quantitative estimate of drug-likeness (QED) is 0.413. The van der Waals surface area contributed by atoms with Gasteiger partial charge in [0, 0.05) is 5.75 Å². The second-order valence-electron chi connectivity index (χ2n) is 6.44. The summed E-state index contributed by atoms with van der Waals surface area (Å²) in [5.41, 5.74) is 1.70. The highest BCUT2D eigenvalue weighted by atomic mass is 35.6. The standard InChI is InChI=1S/C18H17Cl3N2O4S/c1-10-8-28-16-13(22-12(24)7-11-5-3-2-4-6-11)15(25)23(16)14(10)17(26)27-9-18(19,20)21/h2-6,13,16H,7-9H2,1H3,(H,22,24)/t13-,16+/m0/s1. The second kappa shape index (κ2) is 8.53. The Morgan fingerprint density at radius 2 is 1.96 bits per heavy atom. The number of halogens is 3. The lowest BCUT2D eigenvalue weighted by Gasteiger charge is -2.49. The first kappa shape index (κ1) is 21.3. The summed E-state index contributed by atoms with van der Waals surface area (Å²) in [6, 6.07) is 8.55. The molecule has 1 aromatic carbocycles. The number of alkyl halides is 3. The molecule has 3 rings (SSSR count). The number of ether oxygens (including phenoxy) is 1. The molecule has 1 fully saturated rings. The summed E-state index contributed by atoms with van der Waals surface area (Å²) in [6.07, 6.45) is 0.176. The van der Waals surface area contributed by atoms with Gasteiger partial charge in [0.15, 0.2) is 0 Å². The van der Waals surface area contributed by atoms with Crippen molar-refractivity contribution in [3.63, 3.8) is 0 Å². The predicted molar refractivity (Wildman–Crippen MR) is 109 cm³/mol. The zero-order valence-electron chi connectivity index (χ0n) is 14.8. The Hall–Kier alpha value is -1.41. The maximum atomic E-state index is 12.6. The summed E-state index contributed by atoms with van der Waals surface area (Å²) in [5, 5.41) is 2.39. The Balaban J connectivity index is 1.64. The van der Waals surface area contributed by atoms with Crippen LogP contribution in [-0.2, 0) is 25.5 Å². The van der Waals surface area contributed by atoms with E-state index < -0.39 is 22.4 Å². The van der Waals surface area contributed by atoms with Crippen LogP contribution in [-0.4, -0.2) is 50.3 Å². The predicted octanol–water partition coefficient (Wildman–Crippen LogP) is 2.82. The van der Waals surface area contributed by atoms with E-state index in [1.807, 2.05) is 30.3 Å². The van der Waals surface area contributed by atoms with Crippen LogP contribution in [0.5, 0.6) is 0 Å². The number of thioether (sulfide) groups is 1. The number of fused-ring (bicyclic) bond motifs is 1. The first-order valence-corrected chi connectivity index (χ1v) is 10.6. The fraction of sp³-hybridized carbons (Fsp3) is 0.389. The summed E-state index contributed by atoms with van der Waals surface area (Å²) >= 11 is 18.3. The van der Waals surface area contributed by atoms with Crippen molar-refractivity contribution in [3.8, 4) is 0 Å². The van der Waals surface area contributed by atoms with Gasteiger partial charge in [-0.1, -0.05) is 65.1 Å². The molecule has 2 atom stereocenters. The van der Waals surface area contributed by atoms with Crippen molar-refractivity contribution in [1.82, 2.24) is 10.2 Å². The fourth-order valence-electron chi connectivity index (χ4n) is 2.98. The third-order valence-electron chi connectivity index (χ3n) is 4.24. The molecule has 1 aromatic rings. The molecule has 10 heteroatoms. The Bertz CT molecular complexity index is 826. The van der Waals surface area contributed by atoms with Crippen molar-refractivity contribution >= 4 is 64.3 Å². The molecular formula is C18H17Cl3N2O4S. The lowest BCUT2D eigenvalue weighted by molar-refractivity contribution is -0.152. The van der Waals surface area contributed by atoms with Gasteiger partial charge in [0.2, 0.25) is 9.70 Å². The number of nitrogens with one attached hydrogen (secondary N) is 1. The summed E-state index contributed by atoms with van der Waals surface area (Å²) in [4.78, 5) is 38.7. The lowest BCUT2D eigenvalue weighted by atomic mass is 10.0. The van der Waals surface area contributed by atoms with Gasteiger partial charge in [-0.3, -0.25) is 14.5 Å². The number of amides is 2. The zero-order valence-corrected chi connectivity index (χ0v) is 17.9. The maximum absolute atomic E-state index is 12.6. The van der Waals surface area contributed by atoms with E-state index >= 15 is 0 Å². The molecule has 2 aliphatic rings. The second-order valence-corrected chi connectivity index (χ2v) is 10.1. The first-order chi connectivity index (χ1) is 13.2. The van der Waals surface area contributed by atoms with Crippen LogP contribution in [0.15, 0.2) is 41.6 Å². The highest BCUT2D eigenvalue weighted by Gasteiger charge is 2.54. The summed E-state index contributed by atoms with van der Waals surface area (Å²) in [5.74, 6) is -0.815. The van der Waals surface area contributed by atoms with Crippen LogP contribution in [0.25, 0.3) is 0 Å². The van der Waals surface area contributed by atoms with E-state index in [1.54, 1.807) is 6.92 Å². The number of nitrogens with zero attached hydrogens (tertiary/aromatic N) is 1. The molecule has 0 bridgehead atoms. The number of hydrogen-bond donors (Lipinski definition) is 1. The molecule has 150 valence electrons. The number of rotatable bonds is 5. The Labute approximate surface area is 181 Å². The molecule has 28 heavy (non-hydrogen) atoms. The third kappa shape index (κ3) is 4.76.